The molecule has 4 nitrogen and oxygen atoms in total. The summed E-state index contributed by atoms with van der Waals surface area (Å²) in [6.45, 7) is 0. The van der Waals surface area contributed by atoms with Crippen molar-refractivity contribution in [2.45, 2.75) is 16.2 Å². The summed E-state index contributed by atoms with van der Waals surface area (Å²) in [4.78, 5) is 18.5. The average Bonchev–Trinajstić information content (AvgIpc) is 2.40. The molecule has 110 valence electrons. The normalized spacial score (nSPS) is 11.4. The van der Waals surface area contributed by atoms with Gasteiger partial charge in [0.2, 0.25) is 0 Å². The lowest BCUT2D eigenvalue weighted by molar-refractivity contribution is -0.141. The van der Waals surface area contributed by atoms with Gasteiger partial charge >= 0.3 is 12.1 Å². The Hall–Kier alpha value is -1.61. The third kappa shape index (κ3) is 3.73. The van der Waals surface area contributed by atoms with E-state index in [-0.39, 0.29) is 10.6 Å². The Morgan fingerprint density at radius 1 is 1.24 bits per heavy atom. The molecule has 0 aliphatic rings. The van der Waals surface area contributed by atoms with Gasteiger partial charge in [-0.15, -0.1) is 0 Å². The van der Waals surface area contributed by atoms with Crippen LogP contribution in [0.2, 0.25) is 0 Å². The molecule has 0 aliphatic carbocycles. The van der Waals surface area contributed by atoms with Crippen molar-refractivity contribution in [2.24, 2.45) is 0 Å². The number of carboxylic acid groups (broad SMARTS) is 1. The first-order chi connectivity index (χ1) is 9.79. The summed E-state index contributed by atoms with van der Waals surface area (Å²) in [7, 11) is 0. The molecule has 0 radical (unpaired) electrons. The Kier molecular flexibility index (Phi) is 4.52. The lowest BCUT2D eigenvalue weighted by Gasteiger charge is -2.10. The predicted molar refractivity (Wildman–Crippen MR) is 72.3 cm³/mol. The Balaban J connectivity index is 2.49. The van der Waals surface area contributed by atoms with Crippen molar-refractivity contribution in [1.29, 1.82) is 0 Å². The molecule has 2 heterocycles. The minimum absolute atomic E-state index is 0.267. The topological polar surface area (TPSA) is 63.1 Å². The molecular formula is C12H6BrF3N2O2S. The molecule has 9 heteroatoms. The first-order valence-corrected chi connectivity index (χ1v) is 7.00. The molecule has 0 amide bonds. The van der Waals surface area contributed by atoms with Crippen LogP contribution in [0.1, 0.15) is 16.1 Å². The highest BCUT2D eigenvalue weighted by molar-refractivity contribution is 9.10. The second kappa shape index (κ2) is 6.02. The summed E-state index contributed by atoms with van der Waals surface area (Å²) in [6, 6.07) is 4.80. The highest BCUT2D eigenvalue weighted by Crippen LogP contribution is 2.35. The first kappa shape index (κ1) is 15.8. The van der Waals surface area contributed by atoms with Gasteiger partial charge < -0.3 is 5.11 Å². The summed E-state index contributed by atoms with van der Waals surface area (Å²) < 4.78 is 38.6. The van der Waals surface area contributed by atoms with Crippen LogP contribution in [0.25, 0.3) is 0 Å². The summed E-state index contributed by atoms with van der Waals surface area (Å²) in [5.41, 5.74) is -1.47. The molecule has 1 N–H and O–H groups in total. The van der Waals surface area contributed by atoms with E-state index in [1.807, 2.05) is 0 Å². The average molecular weight is 379 g/mol. The van der Waals surface area contributed by atoms with Crippen molar-refractivity contribution in [3.63, 3.8) is 0 Å². The molecule has 21 heavy (non-hydrogen) atoms. The molecule has 2 aromatic rings. The zero-order valence-electron chi connectivity index (χ0n) is 10.1. The fourth-order valence-electron chi connectivity index (χ4n) is 1.38. The maximum absolute atomic E-state index is 12.7. The number of aromatic nitrogens is 2. The van der Waals surface area contributed by atoms with Gasteiger partial charge in [0.25, 0.3) is 0 Å². The maximum atomic E-state index is 12.7. The van der Waals surface area contributed by atoms with E-state index in [4.69, 9.17) is 5.11 Å². The molecule has 0 aliphatic heterocycles. The van der Waals surface area contributed by atoms with Crippen molar-refractivity contribution < 1.29 is 23.1 Å². The molecule has 0 atom stereocenters. The van der Waals surface area contributed by atoms with Crippen LogP contribution in [0.3, 0.4) is 0 Å². The summed E-state index contributed by atoms with van der Waals surface area (Å²) in [5, 5.41) is 9.10. The van der Waals surface area contributed by atoms with Crippen LogP contribution in [0.15, 0.2) is 45.0 Å². The van der Waals surface area contributed by atoms with Gasteiger partial charge in [-0.3, -0.25) is 0 Å². The van der Waals surface area contributed by atoms with Crippen LogP contribution in [0, 0.1) is 0 Å². The Morgan fingerprint density at radius 2 is 1.95 bits per heavy atom. The van der Waals surface area contributed by atoms with Crippen molar-refractivity contribution in [3.8, 4) is 0 Å². The van der Waals surface area contributed by atoms with Crippen LogP contribution in [-0.4, -0.2) is 21.0 Å². The fraction of sp³-hybridized carbons (Fsp3) is 0.0833. The van der Waals surface area contributed by atoms with Crippen LogP contribution < -0.4 is 0 Å². The van der Waals surface area contributed by atoms with E-state index in [1.165, 1.54) is 6.20 Å². The van der Waals surface area contributed by atoms with Gasteiger partial charge in [-0.1, -0.05) is 0 Å². The molecular weight excluding hydrogens is 373 g/mol. The van der Waals surface area contributed by atoms with Gasteiger partial charge in [0.15, 0.2) is 0 Å². The standard InChI is InChI=1S/C12H6BrF3N2O2S/c13-7-2-1-5-17-10(7)21-9-6(11(19)20)3-4-8(18-9)12(14,15)16/h1-5H,(H,19,20). The SMILES string of the molecule is O=C(O)c1ccc(C(F)(F)F)nc1Sc1ncccc1Br. The molecule has 0 saturated carbocycles. The smallest absolute Gasteiger partial charge is 0.433 e. The van der Waals surface area contributed by atoms with Crippen LogP contribution in [0.4, 0.5) is 13.2 Å². The quantitative estimate of drug-likeness (QED) is 0.870. The van der Waals surface area contributed by atoms with Gasteiger partial charge in [-0.2, -0.15) is 13.2 Å². The molecule has 0 unspecified atom stereocenters. The molecule has 0 fully saturated rings. The zero-order valence-corrected chi connectivity index (χ0v) is 12.5. The zero-order chi connectivity index (χ0) is 15.6. The van der Waals surface area contributed by atoms with Crippen molar-refractivity contribution in [3.05, 3.63) is 46.2 Å². The number of alkyl halides is 3. The lowest BCUT2D eigenvalue weighted by atomic mass is 10.2. The second-order valence-electron chi connectivity index (χ2n) is 3.74. The van der Waals surface area contributed by atoms with E-state index in [0.29, 0.717) is 15.6 Å². The highest BCUT2D eigenvalue weighted by Gasteiger charge is 2.33. The van der Waals surface area contributed by atoms with E-state index in [0.717, 1.165) is 17.8 Å². The van der Waals surface area contributed by atoms with E-state index >= 15 is 0 Å². The molecule has 2 rings (SSSR count). The van der Waals surface area contributed by atoms with Crippen molar-refractivity contribution in [1.82, 2.24) is 9.97 Å². The summed E-state index contributed by atoms with van der Waals surface area (Å²) in [5.74, 6) is -1.36. The van der Waals surface area contributed by atoms with E-state index in [9.17, 15) is 18.0 Å². The molecule has 0 aromatic carbocycles. The van der Waals surface area contributed by atoms with Crippen LogP contribution in [0.5, 0.6) is 0 Å². The second-order valence-corrected chi connectivity index (χ2v) is 5.58. The Bertz CT molecular complexity index is 694. The summed E-state index contributed by atoms with van der Waals surface area (Å²) in [6.07, 6.45) is -3.20. The summed E-state index contributed by atoms with van der Waals surface area (Å²) >= 11 is 3.94. The number of rotatable bonds is 3. The lowest BCUT2D eigenvalue weighted by Crippen LogP contribution is -2.11. The van der Waals surface area contributed by atoms with Gasteiger partial charge in [-0.05, 0) is 52.0 Å². The highest BCUT2D eigenvalue weighted by atomic mass is 79.9. The molecule has 2 aromatic heterocycles. The number of pyridine rings is 2. The third-order valence-corrected chi connectivity index (χ3v) is 4.22. The van der Waals surface area contributed by atoms with E-state index in [2.05, 4.69) is 25.9 Å². The largest absolute Gasteiger partial charge is 0.478 e. The minimum atomic E-state index is -4.65. The van der Waals surface area contributed by atoms with Gasteiger partial charge in [-0.25, -0.2) is 14.8 Å². The third-order valence-electron chi connectivity index (χ3n) is 2.30. The monoisotopic (exact) mass is 378 g/mol. The molecule has 0 spiro atoms. The number of aromatic carboxylic acids is 1. The van der Waals surface area contributed by atoms with Crippen molar-refractivity contribution in [2.75, 3.05) is 0 Å². The predicted octanol–water partition coefficient (Wildman–Crippen LogP) is 4.11. The van der Waals surface area contributed by atoms with Crippen LogP contribution >= 0.6 is 27.7 Å². The fourth-order valence-corrected chi connectivity index (χ4v) is 2.75. The Labute approximate surface area is 129 Å². The maximum Gasteiger partial charge on any atom is 0.433 e. The first-order valence-electron chi connectivity index (χ1n) is 5.39. The van der Waals surface area contributed by atoms with Crippen molar-refractivity contribution >= 4 is 33.7 Å². The van der Waals surface area contributed by atoms with Crippen LogP contribution in [-0.2, 0) is 6.18 Å². The van der Waals surface area contributed by atoms with E-state index < -0.39 is 17.8 Å². The van der Waals surface area contributed by atoms with Gasteiger partial charge in [0, 0.05) is 6.20 Å². The van der Waals surface area contributed by atoms with Gasteiger partial charge in [0.1, 0.15) is 15.7 Å². The van der Waals surface area contributed by atoms with E-state index in [1.54, 1.807) is 12.1 Å². The number of carbonyl (C=O) groups is 1. The number of halogens is 4. The number of hydrogen-bond donors (Lipinski definition) is 1. The number of carboxylic acids is 1. The molecule has 0 bridgehead atoms. The van der Waals surface area contributed by atoms with Gasteiger partial charge in [0.05, 0.1) is 10.0 Å². The molecule has 0 saturated heterocycles. The number of hydrogen-bond acceptors (Lipinski definition) is 4. The minimum Gasteiger partial charge on any atom is -0.478 e. The Morgan fingerprint density at radius 3 is 2.52 bits per heavy atom. The number of nitrogens with zero attached hydrogens (tertiary/aromatic N) is 2.